The van der Waals surface area contributed by atoms with Gasteiger partial charge in [0.25, 0.3) is 0 Å². The first-order chi connectivity index (χ1) is 8.86. The zero-order chi connectivity index (χ0) is 13.1. The van der Waals surface area contributed by atoms with Crippen LogP contribution in [0.1, 0.15) is 38.7 Å². The monoisotopic (exact) mass is 249 g/mol. The first-order valence-corrected chi connectivity index (χ1v) is 7.21. The molecule has 0 aliphatic heterocycles. The quantitative estimate of drug-likeness (QED) is 0.642. The van der Waals surface area contributed by atoms with Gasteiger partial charge in [-0.2, -0.15) is 0 Å². The van der Waals surface area contributed by atoms with Crippen LogP contribution in [0.4, 0.5) is 0 Å². The zero-order valence-electron chi connectivity index (χ0n) is 11.8. The molecule has 0 fully saturated rings. The Morgan fingerprint density at radius 2 is 1.94 bits per heavy atom. The van der Waals surface area contributed by atoms with E-state index >= 15 is 0 Å². The predicted molar refractivity (Wildman–Crippen MR) is 78.0 cm³/mol. The fourth-order valence-electron chi connectivity index (χ4n) is 1.92. The minimum absolute atomic E-state index is 0.515. The van der Waals surface area contributed by atoms with Gasteiger partial charge in [0.1, 0.15) is 0 Å². The van der Waals surface area contributed by atoms with Gasteiger partial charge in [-0.1, -0.05) is 44.2 Å². The first-order valence-electron chi connectivity index (χ1n) is 7.21. The number of hydrogen-bond donors (Lipinski definition) is 1. The molecular formula is C16H27NO. The van der Waals surface area contributed by atoms with E-state index in [-0.39, 0.29) is 0 Å². The van der Waals surface area contributed by atoms with Crippen LogP contribution in [-0.4, -0.2) is 25.8 Å². The van der Waals surface area contributed by atoms with Crippen LogP contribution in [0, 0.1) is 0 Å². The van der Waals surface area contributed by atoms with E-state index < -0.39 is 0 Å². The van der Waals surface area contributed by atoms with Gasteiger partial charge in [0.15, 0.2) is 0 Å². The molecular weight excluding hydrogens is 222 g/mol. The third-order valence-electron chi connectivity index (χ3n) is 3.09. The Morgan fingerprint density at radius 3 is 2.61 bits per heavy atom. The van der Waals surface area contributed by atoms with Crippen molar-refractivity contribution >= 4 is 0 Å². The molecule has 0 amide bonds. The van der Waals surface area contributed by atoms with Crippen molar-refractivity contribution < 1.29 is 4.74 Å². The summed E-state index contributed by atoms with van der Waals surface area (Å²) in [4.78, 5) is 0. The van der Waals surface area contributed by atoms with E-state index in [1.165, 1.54) is 12.0 Å². The lowest BCUT2D eigenvalue weighted by Gasteiger charge is -2.16. The fourth-order valence-corrected chi connectivity index (χ4v) is 1.92. The molecule has 0 aliphatic rings. The molecule has 1 unspecified atom stereocenters. The number of hydrogen-bond acceptors (Lipinski definition) is 2. The largest absolute Gasteiger partial charge is 0.380 e. The molecule has 0 saturated heterocycles. The summed E-state index contributed by atoms with van der Waals surface area (Å²) in [6.45, 7) is 7.19. The summed E-state index contributed by atoms with van der Waals surface area (Å²) in [5.74, 6) is 0. The van der Waals surface area contributed by atoms with Gasteiger partial charge in [-0.05, 0) is 37.8 Å². The fraction of sp³-hybridized carbons (Fsp3) is 0.625. The van der Waals surface area contributed by atoms with Gasteiger partial charge in [0, 0.05) is 12.6 Å². The SMILES string of the molecule is CCCNC(CC)COCCCc1ccccc1. The molecule has 1 aromatic rings. The van der Waals surface area contributed by atoms with E-state index in [0.717, 1.165) is 39.0 Å². The third-order valence-corrected chi connectivity index (χ3v) is 3.09. The number of rotatable bonds is 10. The Bertz CT molecular complexity index is 286. The van der Waals surface area contributed by atoms with Crippen molar-refractivity contribution in [1.82, 2.24) is 5.32 Å². The molecule has 1 N–H and O–H groups in total. The van der Waals surface area contributed by atoms with Crippen LogP contribution in [0.2, 0.25) is 0 Å². The van der Waals surface area contributed by atoms with Gasteiger partial charge in [-0.15, -0.1) is 0 Å². The number of nitrogens with one attached hydrogen (secondary N) is 1. The maximum Gasteiger partial charge on any atom is 0.0619 e. The Morgan fingerprint density at radius 1 is 1.17 bits per heavy atom. The average molecular weight is 249 g/mol. The highest BCUT2D eigenvalue weighted by atomic mass is 16.5. The summed E-state index contributed by atoms with van der Waals surface area (Å²) in [5, 5.41) is 3.50. The van der Waals surface area contributed by atoms with Crippen LogP contribution >= 0.6 is 0 Å². The number of benzene rings is 1. The van der Waals surface area contributed by atoms with Crippen molar-refractivity contribution in [3.05, 3.63) is 35.9 Å². The van der Waals surface area contributed by atoms with Crippen LogP contribution < -0.4 is 5.32 Å². The highest BCUT2D eigenvalue weighted by Crippen LogP contribution is 2.02. The second-order valence-corrected chi connectivity index (χ2v) is 4.72. The summed E-state index contributed by atoms with van der Waals surface area (Å²) in [6, 6.07) is 11.1. The van der Waals surface area contributed by atoms with Crippen molar-refractivity contribution in [1.29, 1.82) is 0 Å². The van der Waals surface area contributed by atoms with Crippen molar-refractivity contribution in [2.24, 2.45) is 0 Å². The maximum absolute atomic E-state index is 5.74. The van der Waals surface area contributed by atoms with E-state index in [1.54, 1.807) is 0 Å². The smallest absolute Gasteiger partial charge is 0.0619 e. The molecule has 0 saturated carbocycles. The van der Waals surface area contributed by atoms with E-state index in [1.807, 2.05) is 0 Å². The van der Waals surface area contributed by atoms with Gasteiger partial charge >= 0.3 is 0 Å². The normalized spacial score (nSPS) is 12.6. The Balaban J connectivity index is 2.03. The van der Waals surface area contributed by atoms with E-state index in [2.05, 4.69) is 49.5 Å². The second kappa shape index (κ2) is 10.1. The van der Waals surface area contributed by atoms with Gasteiger partial charge in [0.2, 0.25) is 0 Å². The lowest BCUT2D eigenvalue weighted by molar-refractivity contribution is 0.108. The van der Waals surface area contributed by atoms with Crippen LogP contribution in [0.3, 0.4) is 0 Å². The molecule has 18 heavy (non-hydrogen) atoms. The lowest BCUT2D eigenvalue weighted by Crippen LogP contribution is -2.33. The molecule has 0 aliphatic carbocycles. The zero-order valence-corrected chi connectivity index (χ0v) is 11.8. The van der Waals surface area contributed by atoms with Gasteiger partial charge < -0.3 is 10.1 Å². The first kappa shape index (κ1) is 15.2. The molecule has 2 nitrogen and oxygen atoms in total. The molecule has 0 aromatic heterocycles. The van der Waals surface area contributed by atoms with Crippen LogP contribution in [0.5, 0.6) is 0 Å². The minimum Gasteiger partial charge on any atom is -0.380 e. The Labute approximate surface area is 112 Å². The molecule has 0 heterocycles. The van der Waals surface area contributed by atoms with Crippen molar-refractivity contribution in [3.8, 4) is 0 Å². The molecule has 0 spiro atoms. The topological polar surface area (TPSA) is 21.3 Å². The minimum atomic E-state index is 0.515. The van der Waals surface area contributed by atoms with Crippen molar-refractivity contribution in [2.45, 2.75) is 45.6 Å². The maximum atomic E-state index is 5.74. The second-order valence-electron chi connectivity index (χ2n) is 4.72. The van der Waals surface area contributed by atoms with Gasteiger partial charge in [0.05, 0.1) is 6.61 Å². The highest BCUT2D eigenvalue weighted by molar-refractivity contribution is 5.14. The lowest BCUT2D eigenvalue weighted by atomic mass is 10.1. The molecule has 102 valence electrons. The van der Waals surface area contributed by atoms with Crippen LogP contribution in [-0.2, 0) is 11.2 Å². The van der Waals surface area contributed by atoms with Crippen molar-refractivity contribution in [2.75, 3.05) is 19.8 Å². The van der Waals surface area contributed by atoms with Crippen LogP contribution in [0.25, 0.3) is 0 Å². The number of ether oxygens (including phenoxy) is 1. The predicted octanol–water partition coefficient (Wildman–Crippen LogP) is 3.41. The Hall–Kier alpha value is -0.860. The average Bonchev–Trinajstić information content (AvgIpc) is 2.43. The molecule has 2 heteroatoms. The summed E-state index contributed by atoms with van der Waals surface area (Å²) >= 11 is 0. The summed E-state index contributed by atoms with van der Waals surface area (Å²) in [6.07, 6.45) is 4.54. The van der Waals surface area contributed by atoms with Gasteiger partial charge in [-0.3, -0.25) is 0 Å². The summed E-state index contributed by atoms with van der Waals surface area (Å²) < 4.78 is 5.74. The summed E-state index contributed by atoms with van der Waals surface area (Å²) in [7, 11) is 0. The number of aryl methyl sites for hydroxylation is 1. The molecule has 1 atom stereocenters. The Kier molecular flexibility index (Phi) is 8.53. The van der Waals surface area contributed by atoms with E-state index in [9.17, 15) is 0 Å². The van der Waals surface area contributed by atoms with E-state index in [4.69, 9.17) is 4.74 Å². The molecule has 1 aromatic carbocycles. The third kappa shape index (κ3) is 6.77. The standard InChI is InChI=1S/C16H27NO/c1-3-12-17-16(4-2)14-18-13-8-11-15-9-6-5-7-10-15/h5-7,9-10,16-17H,3-4,8,11-14H2,1-2H3. The molecule has 0 radical (unpaired) electrons. The highest BCUT2D eigenvalue weighted by Gasteiger charge is 2.04. The molecule has 0 bridgehead atoms. The van der Waals surface area contributed by atoms with E-state index in [0.29, 0.717) is 6.04 Å². The van der Waals surface area contributed by atoms with Gasteiger partial charge in [-0.25, -0.2) is 0 Å². The summed E-state index contributed by atoms with van der Waals surface area (Å²) in [5.41, 5.74) is 1.40. The van der Waals surface area contributed by atoms with Crippen molar-refractivity contribution in [3.63, 3.8) is 0 Å². The molecule has 1 rings (SSSR count). The van der Waals surface area contributed by atoms with Crippen LogP contribution in [0.15, 0.2) is 30.3 Å².